The molecule has 0 saturated carbocycles. The summed E-state index contributed by atoms with van der Waals surface area (Å²) in [4.78, 5) is 23.5. The van der Waals surface area contributed by atoms with Crippen molar-refractivity contribution in [2.45, 2.75) is 12.8 Å². The third kappa shape index (κ3) is 3.68. The van der Waals surface area contributed by atoms with E-state index >= 15 is 0 Å². The minimum Gasteiger partial charge on any atom is -0.346 e. The quantitative estimate of drug-likeness (QED) is 0.619. The Morgan fingerprint density at radius 2 is 2.10 bits per heavy atom. The van der Waals surface area contributed by atoms with Gasteiger partial charge in [0.2, 0.25) is 0 Å². The van der Waals surface area contributed by atoms with E-state index in [4.69, 9.17) is 11.6 Å². The molecule has 1 saturated heterocycles. The summed E-state index contributed by atoms with van der Waals surface area (Å²) in [7, 11) is 0. The van der Waals surface area contributed by atoms with Gasteiger partial charge in [0.15, 0.2) is 0 Å². The highest BCUT2D eigenvalue weighted by Crippen LogP contribution is 2.22. The van der Waals surface area contributed by atoms with Crippen molar-refractivity contribution in [3.63, 3.8) is 0 Å². The summed E-state index contributed by atoms with van der Waals surface area (Å²) in [6, 6.07) is 3.87. The smallest absolute Gasteiger partial charge is 0.270 e. The molecule has 1 amide bonds. The summed E-state index contributed by atoms with van der Waals surface area (Å²) in [6.45, 7) is 3.81. The number of hydrogen-bond donors (Lipinski definition) is 2. The third-order valence-corrected chi connectivity index (χ3v) is 3.80. The maximum atomic E-state index is 11.9. The Labute approximate surface area is 121 Å². The van der Waals surface area contributed by atoms with Gasteiger partial charge < -0.3 is 10.2 Å². The van der Waals surface area contributed by atoms with E-state index < -0.39 is 4.92 Å². The lowest BCUT2D eigenvalue weighted by atomic mass is 10.2. The van der Waals surface area contributed by atoms with E-state index in [2.05, 4.69) is 5.32 Å². The first kappa shape index (κ1) is 14.7. The number of rotatable bonds is 5. The molecule has 2 N–H and O–H groups in total. The number of halogens is 1. The van der Waals surface area contributed by atoms with E-state index in [1.54, 1.807) is 0 Å². The van der Waals surface area contributed by atoms with Crippen molar-refractivity contribution >= 4 is 23.2 Å². The zero-order valence-electron chi connectivity index (χ0n) is 11.0. The predicted molar refractivity (Wildman–Crippen MR) is 75.2 cm³/mol. The van der Waals surface area contributed by atoms with Crippen molar-refractivity contribution in [3.05, 3.63) is 38.9 Å². The predicted octanol–water partition coefficient (Wildman–Crippen LogP) is 0.657. The van der Waals surface area contributed by atoms with Gasteiger partial charge in [-0.25, -0.2) is 0 Å². The lowest BCUT2D eigenvalue weighted by Gasteiger charge is -2.12. The van der Waals surface area contributed by atoms with Crippen LogP contribution >= 0.6 is 11.6 Å². The van der Waals surface area contributed by atoms with Crippen LogP contribution in [0.1, 0.15) is 23.2 Å². The summed E-state index contributed by atoms with van der Waals surface area (Å²) in [5.74, 6) is -0.288. The van der Waals surface area contributed by atoms with E-state index in [1.807, 2.05) is 0 Å². The minimum atomic E-state index is -0.537. The number of amides is 1. The van der Waals surface area contributed by atoms with E-state index in [-0.39, 0.29) is 22.2 Å². The van der Waals surface area contributed by atoms with Gasteiger partial charge in [0.1, 0.15) is 0 Å². The first-order valence-corrected chi connectivity index (χ1v) is 7.01. The summed E-state index contributed by atoms with van der Waals surface area (Å²) in [6.07, 6.45) is 2.49. The number of nitrogens with one attached hydrogen (secondary N) is 2. The van der Waals surface area contributed by atoms with Crippen LogP contribution in [0.2, 0.25) is 5.02 Å². The summed E-state index contributed by atoms with van der Waals surface area (Å²) < 4.78 is 0. The molecule has 2 rings (SSSR count). The van der Waals surface area contributed by atoms with Gasteiger partial charge in [-0.2, -0.15) is 0 Å². The molecule has 1 aromatic rings. The second kappa shape index (κ2) is 6.67. The Hall–Kier alpha value is -1.66. The molecule has 1 fully saturated rings. The highest BCUT2D eigenvalue weighted by molar-refractivity contribution is 6.34. The fraction of sp³-hybridized carbons (Fsp3) is 0.462. The Bertz CT molecular complexity index is 516. The zero-order chi connectivity index (χ0) is 14.5. The zero-order valence-corrected chi connectivity index (χ0v) is 11.8. The molecule has 20 heavy (non-hydrogen) atoms. The molecular formula is C13H17ClN3O3+. The van der Waals surface area contributed by atoms with Gasteiger partial charge in [-0.3, -0.25) is 14.9 Å². The number of carbonyl (C=O) groups is 1. The number of carbonyl (C=O) groups excluding carboxylic acids is 1. The number of benzene rings is 1. The topological polar surface area (TPSA) is 76.7 Å². The van der Waals surface area contributed by atoms with Crippen molar-refractivity contribution < 1.29 is 14.6 Å². The minimum absolute atomic E-state index is 0.102. The molecule has 0 atom stereocenters. The Morgan fingerprint density at radius 3 is 2.70 bits per heavy atom. The molecule has 0 bridgehead atoms. The fourth-order valence-electron chi connectivity index (χ4n) is 2.37. The largest absolute Gasteiger partial charge is 0.346 e. The second-order valence-electron chi connectivity index (χ2n) is 4.88. The normalized spacial score (nSPS) is 15.2. The van der Waals surface area contributed by atoms with E-state index in [1.165, 1.54) is 35.9 Å². The molecule has 0 spiro atoms. The summed E-state index contributed by atoms with van der Waals surface area (Å²) in [5, 5.41) is 13.5. The molecule has 0 unspecified atom stereocenters. The number of nitrogens with zero attached hydrogens (tertiary/aromatic N) is 1. The van der Waals surface area contributed by atoms with Crippen LogP contribution in [0.5, 0.6) is 0 Å². The van der Waals surface area contributed by atoms with Crippen LogP contribution in [-0.2, 0) is 0 Å². The maximum Gasteiger partial charge on any atom is 0.270 e. The Kier molecular flexibility index (Phi) is 4.92. The molecule has 1 heterocycles. The molecule has 6 nitrogen and oxygen atoms in total. The molecule has 108 valence electrons. The number of non-ortho nitro benzene ring substituents is 1. The Morgan fingerprint density at radius 1 is 1.40 bits per heavy atom. The second-order valence-corrected chi connectivity index (χ2v) is 5.29. The van der Waals surface area contributed by atoms with Gasteiger partial charge in [-0.1, -0.05) is 11.6 Å². The molecule has 0 radical (unpaired) electrons. The monoisotopic (exact) mass is 298 g/mol. The average molecular weight is 299 g/mol. The maximum absolute atomic E-state index is 11.9. The van der Waals surface area contributed by atoms with Crippen molar-refractivity contribution in [2.24, 2.45) is 0 Å². The van der Waals surface area contributed by atoms with Crippen LogP contribution in [0.3, 0.4) is 0 Å². The van der Waals surface area contributed by atoms with Crippen molar-refractivity contribution in [2.75, 3.05) is 26.2 Å². The SMILES string of the molecule is O=C(NCC[NH+]1CCCC1)c1ccc([N+](=O)[O-])cc1Cl. The fourth-order valence-corrected chi connectivity index (χ4v) is 2.64. The van der Waals surface area contributed by atoms with Gasteiger partial charge in [0, 0.05) is 25.0 Å². The van der Waals surface area contributed by atoms with Crippen LogP contribution in [0.15, 0.2) is 18.2 Å². The highest BCUT2D eigenvalue weighted by Gasteiger charge is 2.17. The number of hydrogen-bond acceptors (Lipinski definition) is 3. The van der Waals surface area contributed by atoms with E-state index in [0.29, 0.717) is 6.54 Å². The highest BCUT2D eigenvalue weighted by atomic mass is 35.5. The lowest BCUT2D eigenvalue weighted by Crippen LogP contribution is -3.10. The van der Waals surface area contributed by atoms with Gasteiger partial charge in [0.05, 0.1) is 41.7 Å². The van der Waals surface area contributed by atoms with Crippen LogP contribution < -0.4 is 10.2 Å². The Balaban J connectivity index is 1.89. The number of nitro groups is 1. The number of likely N-dealkylation sites (tertiary alicyclic amines) is 1. The van der Waals surface area contributed by atoms with Crippen LogP contribution in [-0.4, -0.2) is 37.0 Å². The van der Waals surface area contributed by atoms with E-state index in [9.17, 15) is 14.9 Å². The van der Waals surface area contributed by atoms with Gasteiger partial charge in [0.25, 0.3) is 11.6 Å². The van der Waals surface area contributed by atoms with Crippen LogP contribution in [0.25, 0.3) is 0 Å². The van der Waals surface area contributed by atoms with E-state index in [0.717, 1.165) is 19.6 Å². The molecule has 0 aliphatic carbocycles. The van der Waals surface area contributed by atoms with Crippen molar-refractivity contribution in [1.29, 1.82) is 0 Å². The molecule has 1 aliphatic rings. The summed E-state index contributed by atoms with van der Waals surface area (Å²) in [5.41, 5.74) is 0.154. The molecule has 1 aromatic carbocycles. The van der Waals surface area contributed by atoms with Gasteiger partial charge in [-0.15, -0.1) is 0 Å². The molecule has 1 aliphatic heterocycles. The number of quaternary nitrogens is 1. The van der Waals surface area contributed by atoms with Crippen molar-refractivity contribution in [3.8, 4) is 0 Å². The van der Waals surface area contributed by atoms with Crippen molar-refractivity contribution in [1.82, 2.24) is 5.32 Å². The van der Waals surface area contributed by atoms with Gasteiger partial charge in [-0.05, 0) is 6.07 Å². The summed E-state index contributed by atoms with van der Waals surface area (Å²) >= 11 is 5.90. The average Bonchev–Trinajstić information content (AvgIpc) is 2.91. The lowest BCUT2D eigenvalue weighted by molar-refractivity contribution is -0.886. The molecule has 7 heteroatoms. The van der Waals surface area contributed by atoms with Crippen LogP contribution in [0.4, 0.5) is 5.69 Å². The first-order valence-electron chi connectivity index (χ1n) is 6.63. The molecule has 0 aromatic heterocycles. The standard InChI is InChI=1S/C13H16ClN3O3/c14-12-9-10(17(19)20)3-4-11(12)13(18)15-5-8-16-6-1-2-7-16/h3-4,9H,1-2,5-8H2,(H,15,18)/p+1. The van der Waals surface area contributed by atoms with Gasteiger partial charge >= 0.3 is 0 Å². The van der Waals surface area contributed by atoms with Crippen LogP contribution in [0, 0.1) is 10.1 Å². The number of nitro benzene ring substituents is 1. The third-order valence-electron chi connectivity index (χ3n) is 3.48. The first-order chi connectivity index (χ1) is 9.58. The molecular weight excluding hydrogens is 282 g/mol.